The molecule has 1 saturated heterocycles. The average molecular weight is 339 g/mol. The van der Waals surface area contributed by atoms with E-state index in [9.17, 15) is 19.1 Å². The zero-order valence-electron chi connectivity index (χ0n) is 13.7. The number of rotatable bonds is 8. The minimum Gasteiger partial charge on any atom is -0.494 e. The molecule has 0 aliphatic carbocycles. The number of methoxy groups -OCH3 is 1. The summed E-state index contributed by atoms with van der Waals surface area (Å²) in [6.07, 6.45) is 1.19. The molecule has 1 aliphatic rings. The molecule has 1 amide bonds. The monoisotopic (exact) mass is 339 g/mol. The molecule has 0 spiro atoms. The van der Waals surface area contributed by atoms with Crippen LogP contribution in [-0.4, -0.2) is 55.3 Å². The number of nitrogens with zero attached hydrogens (tertiary/aromatic N) is 1. The Bertz CT molecular complexity index is 577. The van der Waals surface area contributed by atoms with Crippen LogP contribution in [0.1, 0.15) is 19.3 Å². The van der Waals surface area contributed by atoms with E-state index in [0.717, 1.165) is 0 Å². The van der Waals surface area contributed by atoms with Crippen LogP contribution in [0.2, 0.25) is 0 Å². The molecule has 1 heterocycles. The number of carboxylic acids is 1. The summed E-state index contributed by atoms with van der Waals surface area (Å²) in [5, 5.41) is 9.39. The van der Waals surface area contributed by atoms with Crippen LogP contribution in [0.15, 0.2) is 24.3 Å². The number of carbonyl (C=O) groups excluding carboxylic acids is 1. The molecule has 6 nitrogen and oxygen atoms in total. The summed E-state index contributed by atoms with van der Waals surface area (Å²) in [7, 11) is 1.46. The summed E-state index contributed by atoms with van der Waals surface area (Å²) in [5.41, 5.74) is -1.00. The van der Waals surface area contributed by atoms with Crippen molar-refractivity contribution in [3.05, 3.63) is 30.1 Å². The standard InChI is InChI=1S/C17H22FNO5/c1-23-12-17(16(21)22)8-9-19(11-17)15(20)3-2-10-24-14-6-4-13(18)5-7-14/h4-7H,2-3,8-12H2,1H3,(H,21,22). The minimum atomic E-state index is -1.00. The SMILES string of the molecule is COCC1(C(=O)O)CCN(C(=O)CCCOc2ccc(F)cc2)C1. The highest BCUT2D eigenvalue weighted by Gasteiger charge is 2.46. The summed E-state index contributed by atoms with van der Waals surface area (Å²) in [5.74, 6) is -0.796. The highest BCUT2D eigenvalue weighted by Crippen LogP contribution is 2.31. The topological polar surface area (TPSA) is 76.1 Å². The van der Waals surface area contributed by atoms with Crippen molar-refractivity contribution in [2.75, 3.05) is 33.4 Å². The van der Waals surface area contributed by atoms with Gasteiger partial charge >= 0.3 is 5.97 Å². The second kappa shape index (κ2) is 8.10. The minimum absolute atomic E-state index is 0.0862. The Hall–Kier alpha value is -2.15. The van der Waals surface area contributed by atoms with Crippen LogP contribution in [0.3, 0.4) is 0 Å². The van der Waals surface area contributed by atoms with Gasteiger partial charge in [-0.25, -0.2) is 4.39 Å². The third-order valence-electron chi connectivity index (χ3n) is 4.20. The van der Waals surface area contributed by atoms with Crippen molar-refractivity contribution in [3.8, 4) is 5.75 Å². The predicted molar refractivity (Wildman–Crippen MR) is 84.3 cm³/mol. The van der Waals surface area contributed by atoms with E-state index in [1.165, 1.54) is 31.4 Å². The van der Waals surface area contributed by atoms with Gasteiger partial charge in [0.15, 0.2) is 0 Å². The highest BCUT2D eigenvalue weighted by atomic mass is 19.1. The average Bonchev–Trinajstić information content (AvgIpc) is 2.99. The lowest BCUT2D eigenvalue weighted by molar-refractivity contribution is -0.151. The molecule has 0 aromatic heterocycles. The maximum absolute atomic E-state index is 12.8. The van der Waals surface area contributed by atoms with Gasteiger partial charge in [-0.05, 0) is 37.1 Å². The number of halogens is 1. The molecule has 7 heteroatoms. The van der Waals surface area contributed by atoms with E-state index in [0.29, 0.717) is 31.7 Å². The van der Waals surface area contributed by atoms with E-state index in [1.807, 2.05) is 0 Å². The van der Waals surface area contributed by atoms with Gasteiger partial charge in [-0.15, -0.1) is 0 Å². The van der Waals surface area contributed by atoms with E-state index >= 15 is 0 Å². The molecule has 1 atom stereocenters. The quantitative estimate of drug-likeness (QED) is 0.733. The molecule has 1 unspecified atom stereocenters. The van der Waals surface area contributed by atoms with Crippen molar-refractivity contribution in [1.82, 2.24) is 4.90 Å². The Kier molecular flexibility index (Phi) is 6.14. The number of aliphatic carboxylic acids is 1. The lowest BCUT2D eigenvalue weighted by Crippen LogP contribution is -2.40. The maximum atomic E-state index is 12.8. The molecule has 2 rings (SSSR count). The van der Waals surface area contributed by atoms with Crippen LogP contribution in [0, 0.1) is 11.2 Å². The van der Waals surface area contributed by atoms with E-state index < -0.39 is 11.4 Å². The van der Waals surface area contributed by atoms with E-state index in [4.69, 9.17) is 9.47 Å². The Morgan fingerprint density at radius 1 is 1.33 bits per heavy atom. The fourth-order valence-corrected chi connectivity index (χ4v) is 2.82. The van der Waals surface area contributed by atoms with Gasteiger partial charge in [0, 0.05) is 26.6 Å². The van der Waals surface area contributed by atoms with Gasteiger partial charge in [0.25, 0.3) is 0 Å². The number of hydrogen-bond acceptors (Lipinski definition) is 4. The molecular formula is C17H22FNO5. The molecule has 1 N–H and O–H groups in total. The Morgan fingerprint density at radius 3 is 2.67 bits per heavy atom. The summed E-state index contributed by atoms with van der Waals surface area (Å²) >= 11 is 0. The fraction of sp³-hybridized carbons (Fsp3) is 0.529. The molecule has 24 heavy (non-hydrogen) atoms. The highest BCUT2D eigenvalue weighted by molar-refractivity contribution is 5.80. The van der Waals surface area contributed by atoms with E-state index in [1.54, 1.807) is 4.90 Å². The van der Waals surface area contributed by atoms with Crippen molar-refractivity contribution in [3.63, 3.8) is 0 Å². The second-order valence-corrected chi connectivity index (χ2v) is 5.99. The first kappa shape index (κ1) is 18.2. The zero-order chi connectivity index (χ0) is 17.6. The first-order valence-electron chi connectivity index (χ1n) is 7.85. The zero-order valence-corrected chi connectivity index (χ0v) is 13.7. The van der Waals surface area contributed by atoms with Gasteiger partial charge in [-0.3, -0.25) is 9.59 Å². The molecule has 1 aliphatic heterocycles. The largest absolute Gasteiger partial charge is 0.494 e. The first-order valence-corrected chi connectivity index (χ1v) is 7.85. The van der Waals surface area contributed by atoms with E-state index in [2.05, 4.69) is 0 Å². The van der Waals surface area contributed by atoms with Crippen LogP contribution in [-0.2, 0) is 14.3 Å². The number of benzene rings is 1. The number of ether oxygens (including phenoxy) is 2. The molecular weight excluding hydrogens is 317 g/mol. The number of hydrogen-bond donors (Lipinski definition) is 1. The fourth-order valence-electron chi connectivity index (χ4n) is 2.82. The summed E-state index contributed by atoms with van der Waals surface area (Å²) in [6.45, 7) is 1.04. The third kappa shape index (κ3) is 4.44. The molecule has 132 valence electrons. The van der Waals surface area contributed by atoms with Crippen LogP contribution in [0.25, 0.3) is 0 Å². The van der Waals surface area contributed by atoms with Gasteiger partial charge in [0.2, 0.25) is 5.91 Å². The number of carboxylic acid groups (broad SMARTS) is 1. The van der Waals surface area contributed by atoms with Crippen molar-refractivity contribution >= 4 is 11.9 Å². The number of carbonyl (C=O) groups is 2. The van der Waals surface area contributed by atoms with Gasteiger partial charge in [-0.2, -0.15) is 0 Å². The van der Waals surface area contributed by atoms with Crippen LogP contribution < -0.4 is 4.74 Å². The van der Waals surface area contributed by atoms with Crippen LogP contribution >= 0.6 is 0 Å². The smallest absolute Gasteiger partial charge is 0.313 e. The van der Waals surface area contributed by atoms with Gasteiger partial charge in [-0.1, -0.05) is 0 Å². The normalized spacial score (nSPS) is 20.2. The molecule has 1 aromatic rings. The van der Waals surface area contributed by atoms with E-state index in [-0.39, 0.29) is 31.3 Å². The second-order valence-electron chi connectivity index (χ2n) is 5.99. The van der Waals surface area contributed by atoms with Gasteiger partial charge in [0.1, 0.15) is 17.0 Å². The Balaban J connectivity index is 1.75. The lowest BCUT2D eigenvalue weighted by Gasteiger charge is -2.23. The van der Waals surface area contributed by atoms with Gasteiger partial charge in [0.05, 0.1) is 13.2 Å². The first-order chi connectivity index (χ1) is 11.5. The third-order valence-corrected chi connectivity index (χ3v) is 4.20. The van der Waals surface area contributed by atoms with Crippen LogP contribution in [0.4, 0.5) is 4.39 Å². The molecule has 1 fully saturated rings. The van der Waals surface area contributed by atoms with Crippen LogP contribution in [0.5, 0.6) is 5.75 Å². The molecule has 0 radical (unpaired) electrons. The Labute approximate surface area is 140 Å². The lowest BCUT2D eigenvalue weighted by atomic mass is 9.88. The predicted octanol–water partition coefficient (Wildman–Crippen LogP) is 1.93. The molecule has 0 saturated carbocycles. The number of likely N-dealkylation sites (tertiary alicyclic amines) is 1. The van der Waals surface area contributed by atoms with Crippen molar-refractivity contribution in [1.29, 1.82) is 0 Å². The van der Waals surface area contributed by atoms with Crippen molar-refractivity contribution in [2.45, 2.75) is 19.3 Å². The number of amides is 1. The summed E-state index contributed by atoms with van der Waals surface area (Å²) in [6, 6.07) is 5.69. The van der Waals surface area contributed by atoms with Crippen molar-refractivity contribution < 1.29 is 28.6 Å². The summed E-state index contributed by atoms with van der Waals surface area (Å²) in [4.78, 5) is 25.2. The maximum Gasteiger partial charge on any atom is 0.313 e. The Morgan fingerprint density at radius 2 is 2.04 bits per heavy atom. The molecule has 1 aromatic carbocycles. The molecule has 0 bridgehead atoms. The van der Waals surface area contributed by atoms with Crippen molar-refractivity contribution in [2.24, 2.45) is 5.41 Å². The summed E-state index contributed by atoms with van der Waals surface area (Å²) < 4.78 is 23.2. The van der Waals surface area contributed by atoms with Gasteiger partial charge < -0.3 is 19.5 Å².